The fourth-order valence-corrected chi connectivity index (χ4v) is 2.93. The Morgan fingerprint density at radius 3 is 2.36 bits per heavy atom. The van der Waals surface area contributed by atoms with Gasteiger partial charge in [-0.25, -0.2) is 4.79 Å². The summed E-state index contributed by atoms with van der Waals surface area (Å²) in [7, 11) is 0. The molecule has 0 bridgehead atoms. The van der Waals surface area contributed by atoms with Crippen molar-refractivity contribution in [2.45, 2.75) is 32.1 Å². The third-order valence-corrected chi connectivity index (χ3v) is 4.34. The van der Waals surface area contributed by atoms with Crippen LogP contribution in [-0.2, 0) is 11.3 Å². The fraction of sp³-hybridized carbons (Fsp3) is 0.381. The van der Waals surface area contributed by atoms with Crippen molar-refractivity contribution < 1.29 is 14.4 Å². The Bertz CT molecular complexity index is 649. The van der Waals surface area contributed by atoms with E-state index in [0.29, 0.717) is 11.3 Å². The van der Waals surface area contributed by atoms with Crippen LogP contribution in [0, 0.1) is 0 Å². The van der Waals surface area contributed by atoms with Gasteiger partial charge in [-0.2, -0.15) is 5.06 Å². The molecule has 25 heavy (non-hydrogen) atoms. The normalized spacial score (nSPS) is 15.0. The summed E-state index contributed by atoms with van der Waals surface area (Å²) in [6.45, 7) is 2.87. The number of hydroxylamine groups is 2. The molecule has 132 valence electrons. The lowest BCUT2D eigenvalue weighted by molar-refractivity contribution is -0.168. The zero-order chi connectivity index (χ0) is 17.3. The molecule has 0 unspecified atom stereocenters. The predicted molar refractivity (Wildman–Crippen MR) is 97.5 cm³/mol. The molecule has 0 saturated carbocycles. The highest BCUT2D eigenvalue weighted by atomic mass is 16.7. The molecule has 0 aromatic heterocycles. The summed E-state index contributed by atoms with van der Waals surface area (Å²) in [6.07, 6.45) is 5.74. The molecule has 0 radical (unpaired) electrons. The Kier molecular flexibility index (Phi) is 6.60. The smallest absolute Gasteiger partial charge is 0.343 e. The van der Waals surface area contributed by atoms with Gasteiger partial charge in [0.2, 0.25) is 0 Å². The summed E-state index contributed by atoms with van der Waals surface area (Å²) >= 11 is 0. The zero-order valence-corrected chi connectivity index (χ0v) is 14.5. The molecule has 1 fully saturated rings. The Morgan fingerprint density at radius 2 is 1.64 bits per heavy atom. The molecule has 1 aliphatic heterocycles. The van der Waals surface area contributed by atoms with Crippen LogP contribution < -0.4 is 4.74 Å². The maximum absolute atomic E-state index is 12.0. The topological polar surface area (TPSA) is 38.8 Å². The van der Waals surface area contributed by atoms with Crippen molar-refractivity contribution in [3.05, 3.63) is 65.7 Å². The minimum Gasteiger partial charge on any atom is -0.423 e. The first kappa shape index (κ1) is 17.6. The second-order valence-corrected chi connectivity index (χ2v) is 6.33. The summed E-state index contributed by atoms with van der Waals surface area (Å²) in [5.74, 6) is 0.241. The van der Waals surface area contributed by atoms with Gasteiger partial charge in [0.15, 0.2) is 0 Å². The van der Waals surface area contributed by atoms with Crippen LogP contribution in [0.25, 0.3) is 0 Å². The van der Waals surface area contributed by atoms with E-state index in [-0.39, 0.29) is 5.97 Å². The van der Waals surface area contributed by atoms with Crippen molar-refractivity contribution >= 4 is 5.97 Å². The quantitative estimate of drug-likeness (QED) is 0.429. The molecule has 4 nitrogen and oxygen atoms in total. The molecular formula is C21H25NO3. The predicted octanol–water partition coefficient (Wildman–Crippen LogP) is 4.26. The van der Waals surface area contributed by atoms with Gasteiger partial charge in [0.1, 0.15) is 5.75 Å². The van der Waals surface area contributed by atoms with Gasteiger partial charge in [-0.15, -0.1) is 0 Å². The number of carbonyl (C=O) groups excluding carboxylic acids is 1. The van der Waals surface area contributed by atoms with E-state index in [1.165, 1.54) is 24.8 Å². The summed E-state index contributed by atoms with van der Waals surface area (Å²) in [5.41, 5.74) is 1.78. The van der Waals surface area contributed by atoms with Gasteiger partial charge in [-0.05, 0) is 55.5 Å². The van der Waals surface area contributed by atoms with Crippen LogP contribution in [0.4, 0.5) is 0 Å². The number of piperidine rings is 1. The van der Waals surface area contributed by atoms with E-state index in [1.807, 2.05) is 42.5 Å². The maximum Gasteiger partial charge on any atom is 0.343 e. The van der Waals surface area contributed by atoms with Crippen molar-refractivity contribution in [2.24, 2.45) is 0 Å². The lowest BCUT2D eigenvalue weighted by Crippen LogP contribution is -2.30. The molecule has 0 amide bonds. The van der Waals surface area contributed by atoms with Gasteiger partial charge in [-0.1, -0.05) is 36.8 Å². The highest BCUT2D eigenvalue weighted by Crippen LogP contribution is 2.16. The number of hydrogen-bond donors (Lipinski definition) is 0. The average Bonchev–Trinajstić information content (AvgIpc) is 2.68. The summed E-state index contributed by atoms with van der Waals surface area (Å²) in [4.78, 5) is 17.8. The number of benzene rings is 2. The van der Waals surface area contributed by atoms with E-state index in [1.54, 1.807) is 12.1 Å². The number of rotatable bonds is 7. The van der Waals surface area contributed by atoms with Crippen molar-refractivity contribution in [3.63, 3.8) is 0 Å². The minimum atomic E-state index is -0.330. The van der Waals surface area contributed by atoms with E-state index >= 15 is 0 Å². The Balaban J connectivity index is 1.40. The number of carbonyl (C=O) groups is 1. The lowest BCUT2D eigenvalue weighted by Gasteiger charge is -2.25. The highest BCUT2D eigenvalue weighted by molar-refractivity contribution is 5.90. The van der Waals surface area contributed by atoms with Crippen molar-refractivity contribution in [1.82, 2.24) is 5.06 Å². The number of esters is 1. The summed E-state index contributed by atoms with van der Waals surface area (Å²) in [5, 5.41) is 2.09. The molecule has 0 atom stereocenters. The van der Waals surface area contributed by atoms with Crippen LogP contribution in [0.15, 0.2) is 54.6 Å². The Labute approximate surface area is 149 Å². The first-order chi connectivity index (χ1) is 12.3. The largest absolute Gasteiger partial charge is 0.423 e. The molecule has 1 saturated heterocycles. The van der Waals surface area contributed by atoms with Crippen LogP contribution in [0.3, 0.4) is 0 Å². The molecule has 4 heteroatoms. The van der Waals surface area contributed by atoms with Crippen LogP contribution >= 0.6 is 0 Å². The summed E-state index contributed by atoms with van der Waals surface area (Å²) in [6, 6.07) is 16.7. The second-order valence-electron chi connectivity index (χ2n) is 6.33. The van der Waals surface area contributed by atoms with E-state index in [9.17, 15) is 4.79 Å². The zero-order valence-electron chi connectivity index (χ0n) is 14.5. The number of ether oxygens (including phenoxy) is 1. The second kappa shape index (κ2) is 9.35. The number of aryl methyl sites for hydroxylation is 1. The van der Waals surface area contributed by atoms with Gasteiger partial charge in [0, 0.05) is 13.1 Å². The van der Waals surface area contributed by atoms with Crippen molar-refractivity contribution in [1.29, 1.82) is 0 Å². The average molecular weight is 339 g/mol. The van der Waals surface area contributed by atoms with Gasteiger partial charge < -0.3 is 4.74 Å². The summed E-state index contributed by atoms with van der Waals surface area (Å²) < 4.78 is 5.39. The molecule has 0 N–H and O–H groups in total. The van der Waals surface area contributed by atoms with Gasteiger partial charge in [-0.3, -0.25) is 4.84 Å². The van der Waals surface area contributed by atoms with Crippen LogP contribution in [0.5, 0.6) is 5.75 Å². The fourth-order valence-electron chi connectivity index (χ4n) is 2.93. The SMILES string of the molecule is O=C(Oc1ccc(CCCON2CCCCC2)cc1)c1ccccc1. The molecule has 2 aromatic rings. The minimum absolute atomic E-state index is 0.330. The van der Waals surface area contributed by atoms with Crippen molar-refractivity contribution in [2.75, 3.05) is 19.7 Å². The number of nitrogens with zero attached hydrogens (tertiary/aromatic N) is 1. The maximum atomic E-state index is 12.0. The highest BCUT2D eigenvalue weighted by Gasteiger charge is 2.10. The van der Waals surface area contributed by atoms with Gasteiger partial charge in [0.25, 0.3) is 0 Å². The molecular weight excluding hydrogens is 314 g/mol. The van der Waals surface area contributed by atoms with Gasteiger partial charge >= 0.3 is 5.97 Å². The molecule has 2 aromatic carbocycles. The Hall–Kier alpha value is -2.17. The standard InChI is InChI=1S/C21H25NO3/c23-21(19-9-3-1-4-10-19)25-20-13-11-18(12-14-20)8-7-17-24-22-15-5-2-6-16-22/h1,3-4,9-14H,2,5-8,15-17H2. The number of hydrogen-bond acceptors (Lipinski definition) is 4. The monoisotopic (exact) mass is 339 g/mol. The first-order valence-electron chi connectivity index (χ1n) is 9.05. The van der Waals surface area contributed by atoms with Crippen LogP contribution in [0.1, 0.15) is 41.6 Å². The van der Waals surface area contributed by atoms with Gasteiger partial charge in [0.05, 0.1) is 12.2 Å². The molecule has 1 heterocycles. The lowest BCUT2D eigenvalue weighted by atomic mass is 10.1. The van der Waals surface area contributed by atoms with E-state index in [4.69, 9.17) is 9.57 Å². The first-order valence-corrected chi connectivity index (χ1v) is 9.05. The van der Waals surface area contributed by atoms with E-state index in [0.717, 1.165) is 32.5 Å². The third kappa shape index (κ3) is 5.69. The molecule has 0 spiro atoms. The van der Waals surface area contributed by atoms with E-state index < -0.39 is 0 Å². The Morgan fingerprint density at radius 1 is 0.920 bits per heavy atom. The van der Waals surface area contributed by atoms with Crippen LogP contribution in [0.2, 0.25) is 0 Å². The molecule has 3 rings (SSSR count). The van der Waals surface area contributed by atoms with E-state index in [2.05, 4.69) is 5.06 Å². The van der Waals surface area contributed by atoms with Crippen LogP contribution in [-0.4, -0.2) is 30.7 Å². The van der Waals surface area contributed by atoms with Crippen molar-refractivity contribution in [3.8, 4) is 5.75 Å². The third-order valence-electron chi connectivity index (χ3n) is 4.34. The molecule has 1 aliphatic rings. The molecule has 0 aliphatic carbocycles.